The molecule has 0 saturated carbocycles. The van der Waals surface area contributed by atoms with Crippen molar-refractivity contribution in [3.63, 3.8) is 0 Å². The molecule has 0 spiro atoms. The predicted molar refractivity (Wildman–Crippen MR) is 83.0 cm³/mol. The fourth-order valence-electron chi connectivity index (χ4n) is 2.87. The van der Waals surface area contributed by atoms with Crippen LogP contribution in [0.4, 0.5) is 0 Å². The molecule has 118 valence electrons. The van der Waals surface area contributed by atoms with Gasteiger partial charge in [0, 0.05) is 42.9 Å². The molecular weight excluding hydrogens is 268 g/mol. The highest BCUT2D eigenvalue weighted by molar-refractivity contribution is 5.54. The fraction of sp³-hybridized carbons (Fsp3) is 0.625. The Morgan fingerprint density at radius 2 is 2.10 bits per heavy atom. The molecule has 1 aromatic carbocycles. The van der Waals surface area contributed by atoms with E-state index in [0.29, 0.717) is 0 Å². The highest BCUT2D eigenvalue weighted by Crippen LogP contribution is 2.37. The number of rotatable bonds is 7. The highest BCUT2D eigenvalue weighted by atomic mass is 16.5. The Balaban J connectivity index is 2.28. The van der Waals surface area contributed by atoms with Crippen molar-refractivity contribution in [1.29, 1.82) is 0 Å². The minimum Gasteiger partial charge on any atom is -0.496 e. The van der Waals surface area contributed by atoms with Crippen LogP contribution in [-0.4, -0.2) is 51.0 Å². The van der Waals surface area contributed by atoms with E-state index in [9.17, 15) is 0 Å². The van der Waals surface area contributed by atoms with Crippen molar-refractivity contribution in [3.8, 4) is 11.5 Å². The molecule has 0 bridgehead atoms. The summed E-state index contributed by atoms with van der Waals surface area (Å²) in [6.07, 6.45) is 1.74. The first-order valence-electron chi connectivity index (χ1n) is 7.47. The van der Waals surface area contributed by atoms with E-state index in [1.807, 2.05) is 0 Å². The van der Waals surface area contributed by atoms with E-state index in [4.69, 9.17) is 14.6 Å². The van der Waals surface area contributed by atoms with Crippen molar-refractivity contribution in [2.45, 2.75) is 25.9 Å². The monoisotopic (exact) mass is 294 g/mol. The summed E-state index contributed by atoms with van der Waals surface area (Å²) >= 11 is 0. The van der Waals surface area contributed by atoms with Crippen LogP contribution in [0.25, 0.3) is 0 Å². The van der Waals surface area contributed by atoms with Gasteiger partial charge in [0.2, 0.25) is 0 Å². The molecular formula is C16H26N2O3. The van der Waals surface area contributed by atoms with Crippen LogP contribution in [0.2, 0.25) is 0 Å². The van der Waals surface area contributed by atoms with Gasteiger partial charge in [0.05, 0.1) is 14.2 Å². The number of aliphatic hydroxyl groups is 1. The van der Waals surface area contributed by atoms with E-state index < -0.39 is 0 Å². The number of aliphatic hydroxyl groups excluding tert-OH is 1. The van der Waals surface area contributed by atoms with Crippen molar-refractivity contribution in [2.24, 2.45) is 0 Å². The number of benzene rings is 1. The number of nitrogens with zero attached hydrogens (tertiary/aromatic N) is 1. The van der Waals surface area contributed by atoms with E-state index in [-0.39, 0.29) is 6.61 Å². The van der Waals surface area contributed by atoms with Crippen molar-refractivity contribution >= 4 is 0 Å². The topological polar surface area (TPSA) is 54.0 Å². The van der Waals surface area contributed by atoms with Gasteiger partial charge in [-0.2, -0.15) is 0 Å². The maximum atomic E-state index is 8.84. The van der Waals surface area contributed by atoms with Crippen molar-refractivity contribution in [2.75, 3.05) is 41.0 Å². The first-order valence-corrected chi connectivity index (χ1v) is 7.47. The normalized spacial score (nSPS) is 14.9. The van der Waals surface area contributed by atoms with Gasteiger partial charge in [0.15, 0.2) is 0 Å². The Kier molecular flexibility index (Phi) is 5.85. The summed E-state index contributed by atoms with van der Waals surface area (Å²) in [5.74, 6) is 1.92. The molecule has 5 nitrogen and oxygen atoms in total. The van der Waals surface area contributed by atoms with Crippen molar-refractivity contribution in [3.05, 3.63) is 22.8 Å². The molecule has 0 radical (unpaired) electrons. The van der Waals surface area contributed by atoms with Crippen LogP contribution in [-0.2, 0) is 19.5 Å². The molecule has 0 saturated heterocycles. The SMILES string of the molecule is COc1cc(CNCCCO)c(OC)c2c1CN(C)CC2. The quantitative estimate of drug-likeness (QED) is 0.739. The molecule has 0 aliphatic carbocycles. The average molecular weight is 294 g/mol. The third-order valence-corrected chi connectivity index (χ3v) is 3.96. The zero-order valence-corrected chi connectivity index (χ0v) is 13.2. The lowest BCUT2D eigenvalue weighted by Gasteiger charge is -2.29. The maximum absolute atomic E-state index is 8.84. The van der Waals surface area contributed by atoms with E-state index in [1.165, 1.54) is 11.1 Å². The number of likely N-dealkylation sites (N-methyl/N-ethyl adjacent to an activating group) is 1. The number of methoxy groups -OCH3 is 2. The van der Waals surface area contributed by atoms with Gasteiger partial charge in [-0.15, -0.1) is 0 Å². The average Bonchev–Trinajstić information content (AvgIpc) is 2.50. The molecule has 0 aromatic heterocycles. The van der Waals surface area contributed by atoms with E-state index in [0.717, 1.165) is 56.1 Å². The second kappa shape index (κ2) is 7.64. The van der Waals surface area contributed by atoms with E-state index in [2.05, 4.69) is 23.3 Å². The van der Waals surface area contributed by atoms with Crippen molar-refractivity contribution in [1.82, 2.24) is 10.2 Å². The first-order chi connectivity index (χ1) is 10.2. The number of nitrogens with one attached hydrogen (secondary N) is 1. The van der Waals surface area contributed by atoms with Gasteiger partial charge in [0.25, 0.3) is 0 Å². The van der Waals surface area contributed by atoms with Gasteiger partial charge in [-0.3, -0.25) is 0 Å². The van der Waals surface area contributed by atoms with Gasteiger partial charge in [-0.25, -0.2) is 0 Å². The Labute approximate surface area is 126 Å². The summed E-state index contributed by atoms with van der Waals surface area (Å²) in [7, 11) is 5.58. The zero-order chi connectivity index (χ0) is 15.2. The first kappa shape index (κ1) is 16.1. The van der Waals surface area contributed by atoms with E-state index >= 15 is 0 Å². The third-order valence-electron chi connectivity index (χ3n) is 3.96. The van der Waals surface area contributed by atoms with Crippen LogP contribution in [0.1, 0.15) is 23.1 Å². The van der Waals surface area contributed by atoms with Crippen LogP contribution >= 0.6 is 0 Å². The molecule has 2 N–H and O–H groups in total. The van der Waals surface area contributed by atoms with E-state index in [1.54, 1.807) is 14.2 Å². The molecule has 1 heterocycles. The standard InChI is InChI=1S/C16H26N2O3/c1-18-7-5-13-14(11-18)15(20-2)9-12(16(13)21-3)10-17-6-4-8-19/h9,17,19H,4-8,10-11H2,1-3H3. The molecule has 0 unspecified atom stereocenters. The second-order valence-corrected chi connectivity index (χ2v) is 5.47. The Morgan fingerprint density at radius 3 is 2.76 bits per heavy atom. The molecule has 0 amide bonds. The van der Waals surface area contributed by atoms with Crippen LogP contribution in [0.3, 0.4) is 0 Å². The lowest BCUT2D eigenvalue weighted by Crippen LogP contribution is -2.28. The van der Waals surface area contributed by atoms with Crippen LogP contribution in [0.15, 0.2) is 6.07 Å². The second-order valence-electron chi connectivity index (χ2n) is 5.47. The van der Waals surface area contributed by atoms with Crippen LogP contribution in [0.5, 0.6) is 11.5 Å². The number of hydrogen-bond donors (Lipinski definition) is 2. The Bertz CT molecular complexity index is 477. The summed E-state index contributed by atoms with van der Waals surface area (Å²) in [6.45, 7) is 3.66. The molecule has 1 aromatic rings. The number of hydrogen-bond acceptors (Lipinski definition) is 5. The molecule has 2 rings (SSSR count). The lowest BCUT2D eigenvalue weighted by molar-refractivity contribution is 0.285. The van der Waals surface area contributed by atoms with Gasteiger partial charge in [-0.1, -0.05) is 0 Å². The molecule has 21 heavy (non-hydrogen) atoms. The predicted octanol–water partition coefficient (Wildman–Crippen LogP) is 1.16. The highest BCUT2D eigenvalue weighted by Gasteiger charge is 2.23. The maximum Gasteiger partial charge on any atom is 0.127 e. The van der Waals surface area contributed by atoms with Crippen LogP contribution < -0.4 is 14.8 Å². The lowest BCUT2D eigenvalue weighted by atomic mass is 9.94. The molecule has 0 fully saturated rings. The molecule has 5 heteroatoms. The zero-order valence-electron chi connectivity index (χ0n) is 13.2. The summed E-state index contributed by atoms with van der Waals surface area (Å²) in [6, 6.07) is 2.07. The molecule has 0 atom stereocenters. The summed E-state index contributed by atoms with van der Waals surface area (Å²) in [4.78, 5) is 2.30. The van der Waals surface area contributed by atoms with Gasteiger partial charge < -0.3 is 24.8 Å². The fourth-order valence-corrected chi connectivity index (χ4v) is 2.87. The smallest absolute Gasteiger partial charge is 0.127 e. The number of fused-ring (bicyclic) bond motifs is 1. The Hall–Kier alpha value is -1.30. The minimum atomic E-state index is 0.212. The molecule has 1 aliphatic heterocycles. The van der Waals surface area contributed by atoms with Crippen LogP contribution in [0, 0.1) is 0 Å². The number of ether oxygens (including phenoxy) is 2. The van der Waals surface area contributed by atoms with Gasteiger partial charge >= 0.3 is 0 Å². The van der Waals surface area contributed by atoms with Gasteiger partial charge in [0.1, 0.15) is 11.5 Å². The summed E-state index contributed by atoms with van der Waals surface area (Å²) in [5.41, 5.74) is 3.63. The summed E-state index contributed by atoms with van der Waals surface area (Å²) < 4.78 is 11.3. The minimum absolute atomic E-state index is 0.212. The third kappa shape index (κ3) is 3.67. The van der Waals surface area contributed by atoms with Crippen molar-refractivity contribution < 1.29 is 14.6 Å². The summed E-state index contributed by atoms with van der Waals surface area (Å²) in [5, 5.41) is 12.2. The largest absolute Gasteiger partial charge is 0.496 e. The Morgan fingerprint density at radius 1 is 1.29 bits per heavy atom. The molecule has 1 aliphatic rings. The van der Waals surface area contributed by atoms with Gasteiger partial charge in [-0.05, 0) is 32.5 Å².